The summed E-state index contributed by atoms with van der Waals surface area (Å²) >= 11 is 0. The molecule has 0 spiro atoms. The number of fused-ring (bicyclic) bond motifs is 1. The van der Waals surface area contributed by atoms with Crippen molar-refractivity contribution in [3.63, 3.8) is 0 Å². The summed E-state index contributed by atoms with van der Waals surface area (Å²) in [7, 11) is 2.09. The van der Waals surface area contributed by atoms with Crippen LogP contribution >= 0.6 is 0 Å². The Bertz CT molecular complexity index is 751. The Kier molecular flexibility index (Phi) is 7.21. The fraction of sp³-hybridized carbons (Fsp3) is 0.500. The Labute approximate surface area is 154 Å². The van der Waals surface area contributed by atoms with Gasteiger partial charge in [0.25, 0.3) is 0 Å². The number of carboxylic acids is 1. The summed E-state index contributed by atoms with van der Waals surface area (Å²) in [6, 6.07) is 6.11. The summed E-state index contributed by atoms with van der Waals surface area (Å²) in [5, 5.41) is 9.59. The van der Waals surface area contributed by atoms with Crippen molar-refractivity contribution in [3.8, 4) is 5.75 Å². The summed E-state index contributed by atoms with van der Waals surface area (Å²) in [6.45, 7) is 5.24. The third-order valence-corrected chi connectivity index (χ3v) is 4.61. The van der Waals surface area contributed by atoms with Crippen molar-refractivity contribution in [2.45, 2.75) is 52.0 Å². The number of hydrogen-bond acceptors (Lipinski definition) is 4. The van der Waals surface area contributed by atoms with Crippen LogP contribution in [0.25, 0.3) is 10.9 Å². The molecule has 0 atom stereocenters. The molecule has 2 aromatic rings. The van der Waals surface area contributed by atoms with E-state index in [1.54, 1.807) is 6.07 Å². The summed E-state index contributed by atoms with van der Waals surface area (Å²) in [5.41, 5.74) is 2.07. The first-order chi connectivity index (χ1) is 12.4. The van der Waals surface area contributed by atoms with Gasteiger partial charge >= 0.3 is 11.9 Å². The van der Waals surface area contributed by atoms with Gasteiger partial charge in [0.05, 0.1) is 0 Å². The van der Waals surface area contributed by atoms with Gasteiger partial charge in [0.1, 0.15) is 5.75 Å². The molecule has 0 amide bonds. The Balaban J connectivity index is 2.04. The van der Waals surface area contributed by atoms with Crippen LogP contribution < -0.4 is 4.74 Å². The van der Waals surface area contributed by atoms with Crippen LogP contribution in [0.15, 0.2) is 24.4 Å². The zero-order valence-corrected chi connectivity index (χ0v) is 15.7. The van der Waals surface area contributed by atoms with Crippen LogP contribution in [-0.4, -0.2) is 46.6 Å². The van der Waals surface area contributed by atoms with Gasteiger partial charge in [0.15, 0.2) is 0 Å². The second-order valence-electron chi connectivity index (χ2n) is 6.89. The molecule has 0 saturated carbocycles. The van der Waals surface area contributed by atoms with Crippen LogP contribution in [0, 0.1) is 0 Å². The van der Waals surface area contributed by atoms with E-state index in [9.17, 15) is 9.59 Å². The fourth-order valence-electron chi connectivity index (χ4n) is 2.78. The molecule has 1 aromatic heterocycles. The molecule has 0 radical (unpaired) electrons. The molecule has 26 heavy (non-hydrogen) atoms. The van der Waals surface area contributed by atoms with Gasteiger partial charge in [-0.25, -0.2) is 0 Å². The van der Waals surface area contributed by atoms with E-state index in [0.29, 0.717) is 24.6 Å². The molecular weight excluding hydrogens is 332 g/mol. The summed E-state index contributed by atoms with van der Waals surface area (Å²) in [4.78, 5) is 28.1. The maximum atomic E-state index is 12.1. The number of ether oxygens (including phenoxy) is 1. The highest BCUT2D eigenvalue weighted by atomic mass is 16.5. The first-order valence-electron chi connectivity index (χ1n) is 9.10. The molecule has 1 aromatic carbocycles. The molecule has 0 aliphatic rings. The van der Waals surface area contributed by atoms with Crippen molar-refractivity contribution in [2.24, 2.45) is 0 Å². The van der Waals surface area contributed by atoms with E-state index in [1.807, 2.05) is 18.3 Å². The van der Waals surface area contributed by atoms with Crippen LogP contribution in [0.4, 0.5) is 0 Å². The number of hydrogen-bond donors (Lipinski definition) is 2. The second kappa shape index (κ2) is 9.38. The predicted molar refractivity (Wildman–Crippen MR) is 102 cm³/mol. The van der Waals surface area contributed by atoms with Gasteiger partial charge in [-0.2, -0.15) is 0 Å². The normalized spacial score (nSPS) is 11.4. The van der Waals surface area contributed by atoms with Crippen LogP contribution in [0.1, 0.15) is 45.1 Å². The van der Waals surface area contributed by atoms with Gasteiger partial charge in [-0.15, -0.1) is 0 Å². The lowest BCUT2D eigenvalue weighted by molar-refractivity contribution is -0.138. The molecular formula is C20H28N2O4. The largest absolute Gasteiger partial charge is 0.481 e. The average molecular weight is 360 g/mol. The van der Waals surface area contributed by atoms with Gasteiger partial charge in [-0.1, -0.05) is 6.07 Å². The number of benzene rings is 1. The number of likely N-dealkylation sites (N-methyl/N-ethyl adjacent to an activating group) is 1. The first-order valence-corrected chi connectivity index (χ1v) is 9.10. The van der Waals surface area contributed by atoms with Crippen molar-refractivity contribution in [2.75, 3.05) is 13.6 Å². The number of nitrogens with zero attached hydrogens (tertiary/aromatic N) is 1. The molecule has 6 nitrogen and oxygen atoms in total. The second-order valence-corrected chi connectivity index (χ2v) is 6.89. The fourth-order valence-corrected chi connectivity index (χ4v) is 2.78. The van der Waals surface area contributed by atoms with Crippen LogP contribution in [0.2, 0.25) is 0 Å². The van der Waals surface area contributed by atoms with E-state index in [4.69, 9.17) is 9.84 Å². The lowest BCUT2D eigenvalue weighted by Gasteiger charge is -2.20. The van der Waals surface area contributed by atoms with Crippen LogP contribution in [0.5, 0.6) is 5.75 Å². The molecule has 0 bridgehead atoms. The van der Waals surface area contributed by atoms with Crippen molar-refractivity contribution in [1.82, 2.24) is 9.88 Å². The Morgan fingerprint density at radius 3 is 2.65 bits per heavy atom. The lowest BCUT2D eigenvalue weighted by Crippen LogP contribution is -2.28. The van der Waals surface area contributed by atoms with E-state index in [1.165, 1.54) is 0 Å². The van der Waals surface area contributed by atoms with E-state index in [0.717, 1.165) is 29.4 Å². The average Bonchev–Trinajstić information content (AvgIpc) is 3.00. The van der Waals surface area contributed by atoms with Gasteiger partial charge in [0, 0.05) is 42.5 Å². The van der Waals surface area contributed by atoms with Crippen LogP contribution in [-0.2, 0) is 16.0 Å². The number of aromatic amines is 1. The summed E-state index contributed by atoms with van der Waals surface area (Å²) in [5.74, 6) is -0.602. The van der Waals surface area contributed by atoms with Crippen molar-refractivity contribution in [3.05, 3.63) is 30.0 Å². The number of esters is 1. The Morgan fingerprint density at radius 1 is 1.23 bits per heavy atom. The molecule has 0 unspecified atom stereocenters. The topological polar surface area (TPSA) is 82.6 Å². The third-order valence-electron chi connectivity index (χ3n) is 4.61. The zero-order chi connectivity index (χ0) is 19.1. The minimum atomic E-state index is -0.841. The zero-order valence-electron chi connectivity index (χ0n) is 15.7. The highest BCUT2D eigenvalue weighted by molar-refractivity contribution is 5.91. The smallest absolute Gasteiger partial charge is 0.311 e. The number of aromatic nitrogens is 1. The molecule has 0 fully saturated rings. The van der Waals surface area contributed by atoms with Gasteiger partial charge in [-0.05, 0) is 57.9 Å². The summed E-state index contributed by atoms with van der Waals surface area (Å²) in [6.07, 6.45) is 4.13. The molecule has 142 valence electrons. The third kappa shape index (κ3) is 5.59. The number of carbonyl (C=O) groups is 2. The number of unbranched alkanes of at least 4 members (excludes halogenated alkanes) is 1. The standard InChI is InChI=1S/C20H28N2O4/c1-14(2)22(3)12-11-15-13-21-16-7-6-8-17(20(15)16)26-19(25)10-5-4-9-18(23)24/h6-8,13-14,21H,4-5,9-12H2,1-3H3,(H,23,24). The van der Waals surface area contributed by atoms with Crippen molar-refractivity contribution >= 4 is 22.8 Å². The molecule has 0 saturated heterocycles. The SMILES string of the molecule is CC(C)N(C)CCc1c[nH]c2cccc(OC(=O)CCCCC(=O)O)c12. The highest BCUT2D eigenvalue weighted by Crippen LogP contribution is 2.29. The molecule has 6 heteroatoms. The van der Waals surface area contributed by atoms with E-state index in [-0.39, 0.29) is 18.8 Å². The van der Waals surface area contributed by atoms with Gasteiger partial charge in [-0.3, -0.25) is 9.59 Å². The van der Waals surface area contributed by atoms with Crippen LogP contribution in [0.3, 0.4) is 0 Å². The van der Waals surface area contributed by atoms with Gasteiger partial charge < -0.3 is 19.7 Å². The quantitative estimate of drug-likeness (QED) is 0.384. The lowest BCUT2D eigenvalue weighted by atomic mass is 10.1. The Morgan fingerprint density at radius 2 is 1.96 bits per heavy atom. The first kappa shape index (κ1) is 20.0. The molecule has 2 N–H and O–H groups in total. The molecule has 0 aliphatic carbocycles. The molecule has 1 heterocycles. The predicted octanol–water partition coefficient (Wildman–Crippen LogP) is 3.60. The number of carboxylic acid groups (broad SMARTS) is 1. The monoisotopic (exact) mass is 360 g/mol. The summed E-state index contributed by atoms with van der Waals surface area (Å²) < 4.78 is 5.57. The minimum Gasteiger partial charge on any atom is -0.481 e. The number of H-pyrrole nitrogens is 1. The number of nitrogens with one attached hydrogen (secondary N) is 1. The van der Waals surface area contributed by atoms with Crippen molar-refractivity contribution < 1.29 is 19.4 Å². The maximum Gasteiger partial charge on any atom is 0.311 e. The molecule has 2 rings (SSSR count). The van der Waals surface area contributed by atoms with Gasteiger partial charge in [0.2, 0.25) is 0 Å². The number of aliphatic carboxylic acids is 1. The maximum absolute atomic E-state index is 12.1. The molecule has 0 aliphatic heterocycles. The number of rotatable bonds is 10. The van der Waals surface area contributed by atoms with E-state index in [2.05, 4.69) is 30.8 Å². The Hall–Kier alpha value is -2.34. The number of carbonyl (C=O) groups excluding carboxylic acids is 1. The van der Waals surface area contributed by atoms with Crippen molar-refractivity contribution in [1.29, 1.82) is 0 Å². The van der Waals surface area contributed by atoms with E-state index >= 15 is 0 Å². The van der Waals surface area contributed by atoms with E-state index < -0.39 is 5.97 Å². The highest BCUT2D eigenvalue weighted by Gasteiger charge is 2.14. The minimum absolute atomic E-state index is 0.0776.